The van der Waals surface area contributed by atoms with Crippen LogP contribution in [0.5, 0.6) is 5.75 Å². The van der Waals surface area contributed by atoms with Crippen LogP contribution in [-0.4, -0.2) is 132 Å². The van der Waals surface area contributed by atoms with Crippen LogP contribution < -0.4 is 20.7 Å². The number of esters is 2. The number of carboxylic acid groups (broad SMARTS) is 1. The molecule has 366 valence electrons. The van der Waals surface area contributed by atoms with Gasteiger partial charge in [0.2, 0.25) is 11.8 Å². The predicted octanol–water partition coefficient (Wildman–Crippen LogP) is 4.75. The second kappa shape index (κ2) is 27.9. The van der Waals surface area contributed by atoms with E-state index >= 15 is 0 Å². The third kappa shape index (κ3) is 18.9. The number of epoxide rings is 1. The van der Waals surface area contributed by atoms with Gasteiger partial charge in [-0.3, -0.25) is 19.2 Å². The molecule has 4 rings (SSSR count). The monoisotopic (exact) mass is 945 g/mol. The van der Waals surface area contributed by atoms with Crippen molar-refractivity contribution >= 4 is 41.3 Å². The van der Waals surface area contributed by atoms with Crippen LogP contribution in [0.4, 0.5) is 0 Å². The molecule has 0 aromatic heterocycles. The van der Waals surface area contributed by atoms with Crippen molar-refractivity contribution in [2.75, 3.05) is 73.1 Å². The molecule has 0 unspecified atom stereocenters. The lowest BCUT2D eigenvalue weighted by molar-refractivity contribution is -0.179. The number of nitrogens with one attached hydrogen (secondary N) is 3. The Labute approximate surface area is 392 Å². The summed E-state index contributed by atoms with van der Waals surface area (Å²) in [7, 11) is 1.50. The van der Waals surface area contributed by atoms with Crippen LogP contribution in [0.1, 0.15) is 76.7 Å². The number of carboxylic acids is 1. The summed E-state index contributed by atoms with van der Waals surface area (Å²) in [4.78, 5) is 64.8. The molecule has 2 aromatic rings. The second-order valence-corrected chi connectivity index (χ2v) is 17.8. The van der Waals surface area contributed by atoms with Crippen LogP contribution in [0, 0.1) is 17.3 Å². The van der Waals surface area contributed by atoms with Crippen molar-refractivity contribution in [3.05, 3.63) is 76.3 Å². The van der Waals surface area contributed by atoms with E-state index in [4.69, 9.17) is 54.6 Å². The van der Waals surface area contributed by atoms with Gasteiger partial charge in [0.05, 0.1) is 82.9 Å². The number of hydrogen-bond acceptors (Lipinski definition) is 14. The van der Waals surface area contributed by atoms with Gasteiger partial charge in [-0.2, -0.15) is 0 Å². The molecule has 6 atom stereocenters. The molecule has 0 radical (unpaired) electrons. The Morgan fingerprint density at radius 2 is 1.53 bits per heavy atom. The van der Waals surface area contributed by atoms with E-state index in [9.17, 15) is 24.0 Å². The molecule has 2 aromatic carbocycles. The quantitative estimate of drug-likeness (QED) is 0.0600. The minimum absolute atomic E-state index is 0.0144. The van der Waals surface area contributed by atoms with Crippen LogP contribution >= 0.6 is 11.6 Å². The zero-order valence-corrected chi connectivity index (χ0v) is 39.7. The number of carbonyl (C=O) groups is 5. The maximum atomic E-state index is 13.8. The van der Waals surface area contributed by atoms with Gasteiger partial charge in [0.25, 0.3) is 0 Å². The SMILES string of the molecule is COc1ccc(C[C@H]2NC(=O)/C=C/C[C@@H]([C@H](C)[C@@H]3O[C@@H]3c3ccc(CNCCOCCOCCOCCOCCC(=O)O)cc3)OC(=O)[C@H](CC(C)C)OC(=O)C(C)(C)CNC2=O)cc1Cl. The number of amides is 2. The van der Waals surface area contributed by atoms with Gasteiger partial charge in [-0.25, -0.2) is 4.79 Å². The molecule has 2 amide bonds. The molecule has 4 N–H and O–H groups in total. The number of halogens is 1. The van der Waals surface area contributed by atoms with Gasteiger partial charge in [-0.15, -0.1) is 0 Å². The molecule has 1 fully saturated rings. The molecule has 2 heterocycles. The molecule has 0 saturated carbocycles. The molecule has 17 nitrogen and oxygen atoms in total. The molecule has 18 heteroatoms. The van der Waals surface area contributed by atoms with Crippen molar-refractivity contribution in [1.82, 2.24) is 16.0 Å². The van der Waals surface area contributed by atoms with Gasteiger partial charge in [0.15, 0.2) is 6.10 Å². The van der Waals surface area contributed by atoms with Gasteiger partial charge in [0.1, 0.15) is 24.0 Å². The van der Waals surface area contributed by atoms with E-state index in [2.05, 4.69) is 16.0 Å². The lowest BCUT2D eigenvalue weighted by Gasteiger charge is -2.29. The van der Waals surface area contributed by atoms with E-state index in [1.165, 1.54) is 13.2 Å². The molecule has 0 aliphatic carbocycles. The number of aliphatic carboxylic acids is 1. The molecular formula is C48H68ClN3O14. The molecular weight excluding hydrogens is 878 g/mol. The summed E-state index contributed by atoms with van der Waals surface area (Å²) in [6.07, 6.45) is 0.912. The number of cyclic esters (lactones) is 2. The van der Waals surface area contributed by atoms with E-state index in [1.807, 2.05) is 45.0 Å². The minimum Gasteiger partial charge on any atom is -0.495 e. The van der Waals surface area contributed by atoms with Crippen molar-refractivity contribution in [2.45, 2.75) is 97.3 Å². The summed E-state index contributed by atoms with van der Waals surface area (Å²) in [5.41, 5.74) is 1.50. The Bertz CT molecular complexity index is 1890. The maximum absolute atomic E-state index is 13.8. The first-order valence-corrected chi connectivity index (χ1v) is 22.9. The van der Waals surface area contributed by atoms with Crippen LogP contribution in [0.3, 0.4) is 0 Å². The number of rotatable bonds is 25. The average molecular weight is 947 g/mol. The van der Waals surface area contributed by atoms with Gasteiger partial charge in [-0.05, 0) is 61.1 Å². The van der Waals surface area contributed by atoms with E-state index in [1.54, 1.807) is 38.1 Å². The molecule has 1 saturated heterocycles. The van der Waals surface area contributed by atoms with Crippen LogP contribution in [0.2, 0.25) is 5.02 Å². The van der Waals surface area contributed by atoms with Crippen molar-refractivity contribution in [3.8, 4) is 5.75 Å². The first kappa shape index (κ1) is 54.0. The van der Waals surface area contributed by atoms with Gasteiger partial charge in [0, 0.05) is 38.4 Å². The highest BCUT2D eigenvalue weighted by Crippen LogP contribution is 2.45. The number of hydrogen-bond donors (Lipinski definition) is 4. The number of benzene rings is 2. The lowest BCUT2D eigenvalue weighted by atomic mass is 9.92. The van der Waals surface area contributed by atoms with Crippen molar-refractivity contribution in [3.63, 3.8) is 0 Å². The van der Waals surface area contributed by atoms with Gasteiger partial charge >= 0.3 is 17.9 Å². The molecule has 2 aliphatic rings. The van der Waals surface area contributed by atoms with Crippen LogP contribution in [0.25, 0.3) is 0 Å². The molecule has 0 bridgehead atoms. The Morgan fingerprint density at radius 3 is 2.15 bits per heavy atom. The van der Waals surface area contributed by atoms with E-state index in [-0.39, 0.29) is 62.9 Å². The van der Waals surface area contributed by atoms with Gasteiger partial charge < -0.3 is 59.0 Å². The summed E-state index contributed by atoms with van der Waals surface area (Å²) in [6.45, 7) is 13.3. The third-order valence-electron chi connectivity index (χ3n) is 10.9. The fourth-order valence-corrected chi connectivity index (χ4v) is 7.23. The first-order valence-electron chi connectivity index (χ1n) is 22.5. The molecule has 2 aliphatic heterocycles. The van der Waals surface area contributed by atoms with Crippen LogP contribution in [-0.2, 0) is 70.1 Å². The van der Waals surface area contributed by atoms with Crippen molar-refractivity contribution in [1.29, 1.82) is 0 Å². The largest absolute Gasteiger partial charge is 0.495 e. The number of methoxy groups -OCH3 is 1. The third-order valence-corrected chi connectivity index (χ3v) is 11.2. The highest BCUT2D eigenvalue weighted by molar-refractivity contribution is 6.32. The zero-order valence-electron chi connectivity index (χ0n) is 39.0. The average Bonchev–Trinajstić information content (AvgIpc) is 4.08. The predicted molar refractivity (Wildman–Crippen MR) is 244 cm³/mol. The fraction of sp³-hybridized carbons (Fsp3) is 0.604. The van der Waals surface area contributed by atoms with Crippen LogP contribution in [0.15, 0.2) is 54.6 Å². The fourth-order valence-electron chi connectivity index (χ4n) is 6.95. The highest BCUT2D eigenvalue weighted by atomic mass is 35.5. The topological polar surface area (TPSA) is 219 Å². The smallest absolute Gasteiger partial charge is 0.347 e. The summed E-state index contributed by atoms with van der Waals surface area (Å²) >= 11 is 6.36. The Hall–Kier alpha value is -4.62. The summed E-state index contributed by atoms with van der Waals surface area (Å²) in [5.74, 6) is -3.17. The molecule has 0 spiro atoms. The zero-order chi connectivity index (χ0) is 48.1. The second-order valence-electron chi connectivity index (χ2n) is 17.4. The minimum atomic E-state index is -1.23. The van der Waals surface area contributed by atoms with Gasteiger partial charge in [-0.1, -0.05) is 68.8 Å². The maximum Gasteiger partial charge on any atom is 0.347 e. The normalized spacial score (nSPS) is 22.5. The first-order chi connectivity index (χ1) is 31.6. The van der Waals surface area contributed by atoms with E-state index in [0.717, 1.165) is 11.1 Å². The highest BCUT2D eigenvalue weighted by Gasteiger charge is 2.48. The van der Waals surface area contributed by atoms with E-state index < -0.39 is 53.4 Å². The van der Waals surface area contributed by atoms with Crippen molar-refractivity contribution in [2.24, 2.45) is 17.3 Å². The Morgan fingerprint density at radius 1 is 0.894 bits per heavy atom. The lowest BCUT2D eigenvalue weighted by Crippen LogP contribution is -2.51. The summed E-state index contributed by atoms with van der Waals surface area (Å²) < 4.78 is 45.1. The van der Waals surface area contributed by atoms with E-state index in [0.29, 0.717) is 75.7 Å². The standard InChI is InChI=1S/C48H68ClN3O14/c1-31(2)26-40-46(57)64-38(8-7-9-41(53)52-37(28-34-12-15-39(59-6)36(49)27-34)45(56)51-30-48(4,5)47(58)65-40)32(3)43-44(66-43)35-13-10-33(11-14-35)29-50-17-19-61-21-23-63-25-24-62-22-20-60-18-16-42(54)55/h7,9-15,27,31-32,37-38,40,43-44,50H,8,16-26,28-30H2,1-6H3,(H,51,56)(H,52,53)(H,54,55)/b9-7+/t32-,37+,38-,40-,43-,44+/m0/s1. The summed E-state index contributed by atoms with van der Waals surface area (Å²) in [6, 6.07) is 12.2. The Kier molecular flexibility index (Phi) is 22.8. The summed E-state index contributed by atoms with van der Waals surface area (Å²) in [5, 5.41) is 17.9. The van der Waals surface area contributed by atoms with Crippen molar-refractivity contribution < 1.29 is 67.0 Å². The Balaban J connectivity index is 1.30. The molecule has 66 heavy (non-hydrogen) atoms. The number of ether oxygens (including phenoxy) is 8. The number of carbonyl (C=O) groups excluding carboxylic acids is 4.